The second-order valence-electron chi connectivity index (χ2n) is 7.29. The summed E-state index contributed by atoms with van der Waals surface area (Å²) in [6.45, 7) is 12.7. The van der Waals surface area contributed by atoms with E-state index in [1.54, 1.807) is 32.9 Å². The Balaban J connectivity index is 3.16. The molecule has 2 atom stereocenters. The van der Waals surface area contributed by atoms with Crippen molar-refractivity contribution in [1.29, 1.82) is 0 Å². The highest BCUT2D eigenvalue weighted by Gasteiger charge is 2.41. The Hall–Kier alpha value is -1.40. The van der Waals surface area contributed by atoms with E-state index in [4.69, 9.17) is 13.6 Å². The molecule has 0 aliphatic carbocycles. The average Bonchev–Trinajstić information content (AvgIpc) is 2.75. The van der Waals surface area contributed by atoms with Gasteiger partial charge < -0.3 is 13.6 Å². The number of esters is 1. The van der Waals surface area contributed by atoms with Crippen LogP contribution < -0.4 is 0 Å². The number of rotatable bonds is 6. The van der Waals surface area contributed by atoms with Crippen LogP contribution in [0.2, 0.25) is 19.6 Å². The molecule has 0 radical (unpaired) electrons. The van der Waals surface area contributed by atoms with Crippen molar-refractivity contribution in [1.82, 2.24) is 0 Å². The first kappa shape index (κ1) is 18.6. The Kier molecular flexibility index (Phi) is 5.75. The lowest BCUT2D eigenvalue weighted by Crippen LogP contribution is -2.40. The van der Waals surface area contributed by atoms with Gasteiger partial charge in [0.2, 0.25) is 0 Å². The summed E-state index contributed by atoms with van der Waals surface area (Å²) in [6.07, 6.45) is 0.747. The fourth-order valence-electron chi connectivity index (χ4n) is 1.99. The van der Waals surface area contributed by atoms with Crippen LogP contribution in [0.5, 0.6) is 0 Å². The lowest BCUT2D eigenvalue weighted by atomic mass is 9.96. The van der Waals surface area contributed by atoms with Crippen LogP contribution in [0.1, 0.15) is 39.6 Å². The van der Waals surface area contributed by atoms with Gasteiger partial charge in [-0.3, -0.25) is 9.59 Å². The zero-order chi connectivity index (χ0) is 17.1. The van der Waals surface area contributed by atoms with Crippen molar-refractivity contribution < 1.29 is 23.2 Å². The fourth-order valence-corrected chi connectivity index (χ4v) is 3.01. The minimum atomic E-state index is -2.01. The molecule has 0 amide bonds. The van der Waals surface area contributed by atoms with E-state index in [1.165, 1.54) is 13.2 Å². The van der Waals surface area contributed by atoms with Crippen LogP contribution in [-0.2, 0) is 18.8 Å². The van der Waals surface area contributed by atoms with E-state index < -0.39 is 31.9 Å². The molecule has 0 saturated carbocycles. The topological polar surface area (TPSA) is 65.7 Å². The van der Waals surface area contributed by atoms with Gasteiger partial charge in [-0.25, -0.2) is 0 Å². The molecule has 1 aromatic rings. The first-order chi connectivity index (χ1) is 9.91. The van der Waals surface area contributed by atoms with Crippen LogP contribution in [0.4, 0.5) is 0 Å². The van der Waals surface area contributed by atoms with Crippen LogP contribution >= 0.6 is 0 Å². The molecule has 0 N–H and O–H groups in total. The third-order valence-corrected chi connectivity index (χ3v) is 3.67. The molecule has 5 nitrogen and oxygen atoms in total. The molecular formula is C16H26O5Si. The third-order valence-electron chi connectivity index (χ3n) is 2.71. The molecule has 0 fully saturated rings. The van der Waals surface area contributed by atoms with Gasteiger partial charge in [-0.05, 0) is 59.5 Å². The largest absolute Gasteiger partial charge is 0.467 e. The summed E-state index contributed by atoms with van der Waals surface area (Å²) in [6, 6.07) is 3.42. The highest BCUT2D eigenvalue weighted by molar-refractivity contribution is 6.69. The predicted molar refractivity (Wildman–Crippen MR) is 85.9 cm³/mol. The summed E-state index contributed by atoms with van der Waals surface area (Å²) in [7, 11) is -2.01. The lowest BCUT2D eigenvalue weighted by Gasteiger charge is -2.31. The fraction of sp³-hybridized carbons (Fsp3) is 0.625. The van der Waals surface area contributed by atoms with E-state index in [9.17, 15) is 9.59 Å². The van der Waals surface area contributed by atoms with E-state index >= 15 is 0 Å². The van der Waals surface area contributed by atoms with Crippen molar-refractivity contribution in [3.8, 4) is 0 Å². The summed E-state index contributed by atoms with van der Waals surface area (Å²) >= 11 is 0. The Labute approximate surface area is 133 Å². The molecule has 0 aliphatic rings. The molecule has 0 bridgehead atoms. The van der Waals surface area contributed by atoms with Gasteiger partial charge in [0.05, 0.1) is 6.26 Å². The van der Waals surface area contributed by atoms with Gasteiger partial charge in [0.15, 0.2) is 8.32 Å². The van der Waals surface area contributed by atoms with Crippen molar-refractivity contribution in [2.75, 3.05) is 0 Å². The Morgan fingerprint density at radius 2 is 1.82 bits per heavy atom. The zero-order valence-electron chi connectivity index (χ0n) is 14.4. The molecule has 0 aliphatic heterocycles. The number of carbonyl (C=O) groups is 2. The molecule has 1 aromatic heterocycles. The Bertz CT molecular complexity index is 508. The van der Waals surface area contributed by atoms with Gasteiger partial charge in [0.25, 0.3) is 0 Å². The van der Waals surface area contributed by atoms with Gasteiger partial charge in [0, 0.05) is 0 Å². The van der Waals surface area contributed by atoms with E-state index in [0.29, 0.717) is 5.76 Å². The summed E-state index contributed by atoms with van der Waals surface area (Å²) < 4.78 is 16.8. The van der Waals surface area contributed by atoms with Gasteiger partial charge in [-0.1, -0.05) is 0 Å². The summed E-state index contributed by atoms with van der Waals surface area (Å²) in [4.78, 5) is 24.6. The Morgan fingerprint density at radius 1 is 1.23 bits per heavy atom. The molecule has 0 aromatic carbocycles. The lowest BCUT2D eigenvalue weighted by molar-refractivity contribution is -0.166. The summed E-state index contributed by atoms with van der Waals surface area (Å²) in [5.74, 6) is -1.45. The highest BCUT2D eigenvalue weighted by Crippen LogP contribution is 2.32. The minimum Gasteiger partial charge on any atom is -0.467 e. The van der Waals surface area contributed by atoms with Gasteiger partial charge >= 0.3 is 5.97 Å². The number of ether oxygens (including phenoxy) is 1. The molecule has 2 unspecified atom stereocenters. The molecule has 6 heteroatoms. The zero-order valence-corrected chi connectivity index (χ0v) is 15.4. The smallest absolute Gasteiger partial charge is 0.320 e. The number of hydrogen-bond acceptors (Lipinski definition) is 5. The SMILES string of the molecule is CC(=O)C(C(=O)OC(C)(C)C)C(O[Si](C)(C)C)c1ccco1. The molecule has 22 heavy (non-hydrogen) atoms. The molecule has 1 rings (SSSR count). The first-order valence-corrected chi connectivity index (χ1v) is 10.8. The van der Waals surface area contributed by atoms with Gasteiger partial charge in [-0.2, -0.15) is 0 Å². The summed E-state index contributed by atoms with van der Waals surface area (Å²) in [5.41, 5.74) is -0.669. The summed E-state index contributed by atoms with van der Waals surface area (Å²) in [5, 5.41) is 0. The highest BCUT2D eigenvalue weighted by atomic mass is 28.4. The average molecular weight is 326 g/mol. The molecule has 0 spiro atoms. The number of ketones is 1. The van der Waals surface area contributed by atoms with Gasteiger partial charge in [-0.15, -0.1) is 0 Å². The maximum atomic E-state index is 12.5. The van der Waals surface area contributed by atoms with Crippen molar-refractivity contribution in [2.45, 2.75) is 59.0 Å². The maximum absolute atomic E-state index is 12.5. The van der Waals surface area contributed by atoms with Crippen molar-refractivity contribution in [3.63, 3.8) is 0 Å². The van der Waals surface area contributed by atoms with Crippen molar-refractivity contribution in [2.24, 2.45) is 5.92 Å². The molecular weight excluding hydrogens is 300 g/mol. The van der Waals surface area contributed by atoms with Crippen molar-refractivity contribution >= 4 is 20.1 Å². The van der Waals surface area contributed by atoms with Crippen LogP contribution in [0.3, 0.4) is 0 Å². The minimum absolute atomic E-state index is 0.297. The Morgan fingerprint density at radius 3 is 2.18 bits per heavy atom. The van der Waals surface area contributed by atoms with Crippen LogP contribution in [0.25, 0.3) is 0 Å². The third kappa shape index (κ3) is 5.77. The van der Waals surface area contributed by atoms with E-state index in [2.05, 4.69) is 0 Å². The normalized spacial score (nSPS) is 15.2. The second-order valence-corrected chi connectivity index (χ2v) is 11.7. The first-order valence-electron chi connectivity index (χ1n) is 7.35. The number of hydrogen-bond donors (Lipinski definition) is 0. The molecule has 0 saturated heterocycles. The number of Topliss-reactive ketones (excluding diaryl/α,β-unsaturated/α-hetero) is 1. The van der Waals surface area contributed by atoms with E-state index in [-0.39, 0.29) is 5.78 Å². The van der Waals surface area contributed by atoms with E-state index in [1.807, 2.05) is 19.6 Å². The number of furan rings is 1. The quantitative estimate of drug-likeness (QED) is 0.453. The number of carbonyl (C=O) groups excluding carboxylic acids is 2. The standard InChI is InChI=1S/C16H26O5Si/c1-11(17)13(15(18)20-16(2,3)4)14(21-22(5,6)7)12-9-8-10-19-12/h8-10,13-14H,1-7H3. The van der Waals surface area contributed by atoms with E-state index in [0.717, 1.165) is 0 Å². The van der Waals surface area contributed by atoms with Crippen LogP contribution in [0.15, 0.2) is 22.8 Å². The monoisotopic (exact) mass is 326 g/mol. The molecule has 124 valence electrons. The predicted octanol–water partition coefficient (Wildman–Crippen LogP) is 3.72. The maximum Gasteiger partial charge on any atom is 0.320 e. The second kappa shape index (κ2) is 6.79. The van der Waals surface area contributed by atoms with Crippen LogP contribution in [0, 0.1) is 5.92 Å². The molecule has 1 heterocycles. The van der Waals surface area contributed by atoms with Crippen molar-refractivity contribution in [3.05, 3.63) is 24.2 Å². The van der Waals surface area contributed by atoms with Gasteiger partial charge in [0.1, 0.15) is 29.2 Å². The van der Waals surface area contributed by atoms with Crippen LogP contribution in [-0.4, -0.2) is 25.7 Å².